The molecule has 2 unspecified atom stereocenters. The summed E-state index contributed by atoms with van der Waals surface area (Å²) in [7, 11) is 0. The first kappa shape index (κ1) is 22.6. The van der Waals surface area contributed by atoms with E-state index in [1.54, 1.807) is 0 Å². The van der Waals surface area contributed by atoms with Gasteiger partial charge in [0.05, 0.1) is 0 Å². The summed E-state index contributed by atoms with van der Waals surface area (Å²) in [5.74, 6) is 1.28. The van der Waals surface area contributed by atoms with E-state index in [2.05, 4.69) is 27.7 Å². The maximum Gasteiger partial charge on any atom is 0.303 e. The van der Waals surface area contributed by atoms with Crippen LogP contribution in [0.3, 0.4) is 0 Å². The highest BCUT2D eigenvalue weighted by Crippen LogP contribution is 2.48. The Hall–Kier alpha value is -1.71. The summed E-state index contributed by atoms with van der Waals surface area (Å²) in [4.78, 5) is 11.0. The SMILES string of the molecule is CC.CCCC1(C)CCc2c3c(c(C)c(C)c2O1)OC(C)(CCC(=O)O)CC3. The molecule has 0 bridgehead atoms. The van der Waals surface area contributed by atoms with Crippen LogP contribution in [0.5, 0.6) is 11.5 Å². The second-order valence-corrected chi connectivity index (χ2v) is 8.61. The Morgan fingerprint density at radius 2 is 1.36 bits per heavy atom. The molecule has 4 heteroatoms. The van der Waals surface area contributed by atoms with E-state index in [1.165, 1.54) is 16.7 Å². The summed E-state index contributed by atoms with van der Waals surface area (Å²) in [5.41, 5.74) is 4.44. The molecule has 0 fully saturated rings. The third-order valence-electron chi connectivity index (χ3n) is 6.31. The molecule has 0 aromatic heterocycles. The molecule has 1 aromatic carbocycles. The molecule has 28 heavy (non-hydrogen) atoms. The molecule has 0 amide bonds. The van der Waals surface area contributed by atoms with Crippen LogP contribution in [0.15, 0.2) is 0 Å². The number of hydrogen-bond acceptors (Lipinski definition) is 3. The lowest BCUT2D eigenvalue weighted by Gasteiger charge is -2.42. The van der Waals surface area contributed by atoms with E-state index in [0.29, 0.717) is 6.42 Å². The van der Waals surface area contributed by atoms with Gasteiger partial charge in [0.1, 0.15) is 22.7 Å². The van der Waals surface area contributed by atoms with Crippen molar-refractivity contribution in [3.63, 3.8) is 0 Å². The summed E-state index contributed by atoms with van der Waals surface area (Å²) in [5, 5.41) is 9.03. The first-order valence-electron chi connectivity index (χ1n) is 10.9. The molecule has 0 radical (unpaired) electrons. The number of rotatable bonds is 5. The number of carboxylic acids is 1. The van der Waals surface area contributed by atoms with Crippen LogP contribution in [0.2, 0.25) is 0 Å². The van der Waals surface area contributed by atoms with Gasteiger partial charge in [0, 0.05) is 17.5 Å². The maximum absolute atomic E-state index is 11.0. The van der Waals surface area contributed by atoms with Gasteiger partial charge in [-0.3, -0.25) is 4.79 Å². The standard InChI is InChI=1S/C22H32O4.C2H6/c1-6-10-21(4)11-7-16-17-8-12-22(5,13-9-18(23)24)26-20(17)15(3)14(2)19(16)25-21;1-2/h6-13H2,1-5H3,(H,23,24);1-2H3. The number of hydrogen-bond donors (Lipinski definition) is 1. The minimum absolute atomic E-state index is 0.0707. The van der Waals surface area contributed by atoms with Crippen molar-refractivity contribution in [2.75, 3.05) is 0 Å². The molecular weight excluding hydrogens is 352 g/mol. The van der Waals surface area contributed by atoms with Crippen molar-refractivity contribution in [3.05, 3.63) is 22.3 Å². The van der Waals surface area contributed by atoms with Gasteiger partial charge >= 0.3 is 5.97 Å². The molecule has 0 spiro atoms. The molecule has 2 aliphatic heterocycles. The summed E-state index contributed by atoms with van der Waals surface area (Å²) in [6.45, 7) is 14.7. The van der Waals surface area contributed by atoms with Gasteiger partial charge in [-0.05, 0) is 77.3 Å². The Morgan fingerprint density at radius 1 is 0.929 bits per heavy atom. The average molecular weight is 391 g/mol. The second kappa shape index (κ2) is 8.75. The maximum atomic E-state index is 11.0. The molecule has 2 heterocycles. The largest absolute Gasteiger partial charge is 0.487 e. The Balaban J connectivity index is 0.00000136. The van der Waals surface area contributed by atoms with E-state index < -0.39 is 11.6 Å². The number of ether oxygens (including phenoxy) is 2. The van der Waals surface area contributed by atoms with Crippen molar-refractivity contribution in [1.29, 1.82) is 0 Å². The number of aliphatic carboxylic acids is 1. The third-order valence-corrected chi connectivity index (χ3v) is 6.31. The summed E-state index contributed by atoms with van der Waals surface area (Å²) < 4.78 is 13.0. The summed E-state index contributed by atoms with van der Waals surface area (Å²) >= 11 is 0. The van der Waals surface area contributed by atoms with Crippen LogP contribution in [-0.2, 0) is 17.6 Å². The number of carboxylic acid groups (broad SMARTS) is 1. The topological polar surface area (TPSA) is 55.8 Å². The van der Waals surface area contributed by atoms with Gasteiger partial charge in [-0.1, -0.05) is 27.2 Å². The predicted octanol–water partition coefficient (Wildman–Crippen LogP) is 6.16. The molecule has 1 aromatic rings. The molecule has 0 saturated carbocycles. The van der Waals surface area contributed by atoms with Crippen molar-refractivity contribution in [2.45, 2.75) is 111 Å². The molecular formula is C24H38O4. The molecule has 158 valence electrons. The van der Waals surface area contributed by atoms with Crippen LogP contribution >= 0.6 is 0 Å². The van der Waals surface area contributed by atoms with Gasteiger partial charge in [0.15, 0.2) is 0 Å². The Kier molecular flexibility index (Phi) is 7.06. The summed E-state index contributed by atoms with van der Waals surface area (Å²) in [6, 6.07) is 0. The fraction of sp³-hybridized carbons (Fsp3) is 0.708. The lowest BCUT2D eigenvalue weighted by molar-refractivity contribution is -0.138. The smallest absolute Gasteiger partial charge is 0.303 e. The first-order chi connectivity index (χ1) is 13.2. The minimum Gasteiger partial charge on any atom is -0.487 e. The van der Waals surface area contributed by atoms with Crippen LogP contribution in [0.1, 0.15) is 95.4 Å². The third kappa shape index (κ3) is 4.47. The van der Waals surface area contributed by atoms with Crippen LogP contribution in [-0.4, -0.2) is 22.3 Å². The zero-order valence-electron chi connectivity index (χ0n) is 18.8. The molecule has 2 aliphatic rings. The number of carbonyl (C=O) groups is 1. The van der Waals surface area contributed by atoms with Crippen molar-refractivity contribution in [1.82, 2.24) is 0 Å². The predicted molar refractivity (Wildman–Crippen MR) is 114 cm³/mol. The molecule has 2 atom stereocenters. The van der Waals surface area contributed by atoms with Crippen LogP contribution < -0.4 is 9.47 Å². The average Bonchev–Trinajstić information content (AvgIpc) is 2.66. The highest BCUT2D eigenvalue weighted by Gasteiger charge is 2.39. The van der Waals surface area contributed by atoms with E-state index in [-0.39, 0.29) is 12.0 Å². The Bertz CT molecular complexity index is 724. The molecule has 0 aliphatic carbocycles. The van der Waals surface area contributed by atoms with Gasteiger partial charge < -0.3 is 14.6 Å². The van der Waals surface area contributed by atoms with Crippen molar-refractivity contribution in [2.24, 2.45) is 0 Å². The van der Waals surface area contributed by atoms with Crippen molar-refractivity contribution < 1.29 is 19.4 Å². The quantitative estimate of drug-likeness (QED) is 0.654. The number of benzene rings is 1. The van der Waals surface area contributed by atoms with Crippen molar-refractivity contribution in [3.8, 4) is 11.5 Å². The number of fused-ring (bicyclic) bond motifs is 3. The lowest BCUT2D eigenvalue weighted by atomic mass is 9.80. The molecule has 0 saturated heterocycles. The monoisotopic (exact) mass is 390 g/mol. The highest BCUT2D eigenvalue weighted by atomic mass is 16.5. The van der Waals surface area contributed by atoms with E-state index in [4.69, 9.17) is 14.6 Å². The van der Waals surface area contributed by atoms with E-state index in [1.807, 2.05) is 20.8 Å². The fourth-order valence-corrected chi connectivity index (χ4v) is 4.50. The summed E-state index contributed by atoms with van der Waals surface area (Å²) in [6.07, 6.45) is 6.75. The fourth-order valence-electron chi connectivity index (χ4n) is 4.50. The van der Waals surface area contributed by atoms with E-state index in [9.17, 15) is 4.79 Å². The molecule has 3 rings (SSSR count). The molecule has 4 nitrogen and oxygen atoms in total. The van der Waals surface area contributed by atoms with E-state index in [0.717, 1.165) is 55.6 Å². The lowest BCUT2D eigenvalue weighted by Crippen LogP contribution is -2.40. The first-order valence-corrected chi connectivity index (χ1v) is 10.9. The van der Waals surface area contributed by atoms with Crippen LogP contribution in [0, 0.1) is 13.8 Å². The van der Waals surface area contributed by atoms with Crippen molar-refractivity contribution >= 4 is 5.97 Å². The normalized spacial score (nSPS) is 25.4. The zero-order valence-corrected chi connectivity index (χ0v) is 18.8. The van der Waals surface area contributed by atoms with Gasteiger partial charge in [0.2, 0.25) is 0 Å². The Morgan fingerprint density at radius 3 is 1.75 bits per heavy atom. The van der Waals surface area contributed by atoms with Gasteiger partial charge in [-0.2, -0.15) is 0 Å². The van der Waals surface area contributed by atoms with Gasteiger partial charge in [-0.25, -0.2) is 0 Å². The van der Waals surface area contributed by atoms with Crippen LogP contribution in [0.25, 0.3) is 0 Å². The van der Waals surface area contributed by atoms with Crippen LogP contribution in [0.4, 0.5) is 0 Å². The second-order valence-electron chi connectivity index (χ2n) is 8.61. The minimum atomic E-state index is -0.762. The van der Waals surface area contributed by atoms with Gasteiger partial charge in [0.25, 0.3) is 0 Å². The highest BCUT2D eigenvalue weighted by molar-refractivity contribution is 5.67. The van der Waals surface area contributed by atoms with E-state index >= 15 is 0 Å². The Labute approximate surface area is 170 Å². The zero-order chi connectivity index (χ0) is 21.1. The van der Waals surface area contributed by atoms with Gasteiger partial charge in [-0.15, -0.1) is 0 Å². The molecule has 1 N–H and O–H groups in total.